The van der Waals surface area contributed by atoms with Crippen molar-refractivity contribution in [1.82, 2.24) is 15.5 Å². The van der Waals surface area contributed by atoms with Gasteiger partial charge in [-0.3, -0.25) is 9.69 Å². The van der Waals surface area contributed by atoms with E-state index in [0.717, 1.165) is 49.9 Å². The molecule has 0 aromatic heterocycles. The number of guanidine groups is 1. The lowest BCUT2D eigenvalue weighted by molar-refractivity contribution is -0.119. The molecule has 164 valence electrons. The topological polar surface area (TPSA) is 101 Å². The molecule has 0 aliphatic carbocycles. The first kappa shape index (κ1) is 25.3. The van der Waals surface area contributed by atoms with Gasteiger partial charge < -0.3 is 25.8 Å². The highest BCUT2D eigenvalue weighted by atomic mass is 127. The van der Waals surface area contributed by atoms with Gasteiger partial charge in [-0.05, 0) is 38.8 Å². The average molecular weight is 519 g/mol. The first-order valence-corrected chi connectivity index (χ1v) is 9.86. The summed E-state index contributed by atoms with van der Waals surface area (Å²) in [6.07, 6.45) is 1.83. The number of hydrogen-bond acceptors (Lipinski definition) is 5. The SMILES string of the molecule is CCNC(=NCC(C)Oc1cccc(OC)c1)NC1CCN(CC(N)=O)CC1.I. The predicted molar refractivity (Wildman–Crippen MR) is 126 cm³/mol. The Morgan fingerprint density at radius 1 is 1.34 bits per heavy atom. The number of nitrogens with zero attached hydrogens (tertiary/aromatic N) is 2. The van der Waals surface area contributed by atoms with Crippen LogP contribution >= 0.6 is 24.0 Å². The van der Waals surface area contributed by atoms with Crippen molar-refractivity contribution in [3.8, 4) is 11.5 Å². The molecule has 0 saturated carbocycles. The molecule has 1 aliphatic heterocycles. The maximum absolute atomic E-state index is 11.0. The monoisotopic (exact) mass is 519 g/mol. The summed E-state index contributed by atoms with van der Waals surface area (Å²) in [5, 5.41) is 6.78. The molecule has 0 bridgehead atoms. The molecule has 1 aromatic carbocycles. The molecule has 1 amide bonds. The summed E-state index contributed by atoms with van der Waals surface area (Å²) in [6.45, 7) is 7.41. The zero-order chi connectivity index (χ0) is 20.4. The molecule has 29 heavy (non-hydrogen) atoms. The Morgan fingerprint density at radius 2 is 2.03 bits per heavy atom. The van der Waals surface area contributed by atoms with E-state index in [2.05, 4.69) is 20.5 Å². The van der Waals surface area contributed by atoms with Crippen LogP contribution in [0.3, 0.4) is 0 Å². The average Bonchev–Trinajstić information content (AvgIpc) is 2.67. The van der Waals surface area contributed by atoms with Crippen molar-refractivity contribution in [2.24, 2.45) is 10.7 Å². The summed E-state index contributed by atoms with van der Waals surface area (Å²) >= 11 is 0. The van der Waals surface area contributed by atoms with Crippen molar-refractivity contribution >= 4 is 35.8 Å². The van der Waals surface area contributed by atoms with Gasteiger partial charge in [0.25, 0.3) is 0 Å². The van der Waals surface area contributed by atoms with E-state index in [0.29, 0.717) is 19.1 Å². The fourth-order valence-corrected chi connectivity index (χ4v) is 3.13. The number of rotatable bonds is 9. The molecule has 1 atom stereocenters. The molecular formula is C20H34IN5O3. The minimum atomic E-state index is -0.272. The fourth-order valence-electron chi connectivity index (χ4n) is 3.13. The maximum Gasteiger partial charge on any atom is 0.231 e. The first-order valence-electron chi connectivity index (χ1n) is 9.86. The number of carbonyl (C=O) groups is 1. The van der Waals surface area contributed by atoms with Crippen molar-refractivity contribution in [2.75, 3.05) is 39.8 Å². The molecule has 2 rings (SSSR count). The van der Waals surface area contributed by atoms with Crippen molar-refractivity contribution in [3.05, 3.63) is 24.3 Å². The lowest BCUT2D eigenvalue weighted by Crippen LogP contribution is -2.50. The molecule has 4 N–H and O–H groups in total. The van der Waals surface area contributed by atoms with Gasteiger partial charge in [-0.1, -0.05) is 6.07 Å². The normalized spacial score (nSPS) is 16.4. The van der Waals surface area contributed by atoms with Gasteiger partial charge in [0.1, 0.15) is 17.6 Å². The molecule has 8 nitrogen and oxygen atoms in total. The number of halogens is 1. The number of piperidine rings is 1. The Balaban J connectivity index is 0.00000420. The molecule has 9 heteroatoms. The molecule has 1 unspecified atom stereocenters. The van der Waals surface area contributed by atoms with Crippen LogP contribution in [0.15, 0.2) is 29.3 Å². The van der Waals surface area contributed by atoms with Gasteiger partial charge in [-0.2, -0.15) is 0 Å². The fraction of sp³-hybridized carbons (Fsp3) is 0.600. The molecule has 1 fully saturated rings. The number of hydrogen-bond donors (Lipinski definition) is 3. The second-order valence-corrected chi connectivity index (χ2v) is 6.99. The van der Waals surface area contributed by atoms with E-state index in [9.17, 15) is 4.79 Å². The van der Waals surface area contributed by atoms with Crippen molar-refractivity contribution in [3.63, 3.8) is 0 Å². The van der Waals surface area contributed by atoms with E-state index in [-0.39, 0.29) is 36.0 Å². The van der Waals surface area contributed by atoms with Gasteiger partial charge in [0.15, 0.2) is 5.96 Å². The van der Waals surface area contributed by atoms with E-state index >= 15 is 0 Å². The summed E-state index contributed by atoms with van der Waals surface area (Å²) in [5.41, 5.74) is 5.27. The number of nitrogens with two attached hydrogens (primary N) is 1. The van der Waals surface area contributed by atoms with Gasteiger partial charge in [0, 0.05) is 31.7 Å². The zero-order valence-corrected chi connectivity index (χ0v) is 19.8. The van der Waals surface area contributed by atoms with Crippen molar-refractivity contribution in [2.45, 2.75) is 38.8 Å². The van der Waals surface area contributed by atoms with Crippen LogP contribution < -0.4 is 25.8 Å². The van der Waals surface area contributed by atoms with Crippen LogP contribution in [0.1, 0.15) is 26.7 Å². The third-order valence-electron chi connectivity index (χ3n) is 4.54. The van der Waals surface area contributed by atoms with Gasteiger partial charge in [-0.25, -0.2) is 4.99 Å². The number of carbonyl (C=O) groups excluding carboxylic acids is 1. The minimum absolute atomic E-state index is 0. The molecule has 1 heterocycles. The van der Waals surface area contributed by atoms with Crippen molar-refractivity contribution < 1.29 is 14.3 Å². The van der Waals surface area contributed by atoms with Crippen LogP contribution in [-0.4, -0.2) is 68.7 Å². The van der Waals surface area contributed by atoms with Crippen LogP contribution in [0.25, 0.3) is 0 Å². The summed E-state index contributed by atoms with van der Waals surface area (Å²) in [6, 6.07) is 7.89. The maximum atomic E-state index is 11.0. The van der Waals surface area contributed by atoms with Crippen LogP contribution in [0.5, 0.6) is 11.5 Å². The number of primary amides is 1. The first-order chi connectivity index (χ1) is 13.5. The third kappa shape index (κ3) is 9.53. The van der Waals surface area contributed by atoms with Crippen molar-refractivity contribution in [1.29, 1.82) is 0 Å². The highest BCUT2D eigenvalue weighted by Crippen LogP contribution is 2.20. The molecule has 1 aliphatic rings. The number of ether oxygens (including phenoxy) is 2. The summed E-state index contributed by atoms with van der Waals surface area (Å²) in [7, 11) is 1.64. The van der Waals surface area contributed by atoms with Gasteiger partial charge in [0.05, 0.1) is 20.2 Å². The lowest BCUT2D eigenvalue weighted by atomic mass is 10.1. The number of amides is 1. The van der Waals surface area contributed by atoms with Gasteiger partial charge >= 0.3 is 0 Å². The quantitative estimate of drug-likeness (QED) is 0.260. The van der Waals surface area contributed by atoms with E-state index in [1.165, 1.54) is 0 Å². The Morgan fingerprint density at radius 3 is 2.66 bits per heavy atom. The molecule has 0 radical (unpaired) electrons. The summed E-state index contributed by atoms with van der Waals surface area (Å²) in [5.74, 6) is 2.05. The Hall–Kier alpha value is -1.75. The standard InChI is InChI=1S/C20H33N5O3.HI/c1-4-22-20(24-16-8-10-25(11-9-16)14-19(21)26)23-13-15(2)28-18-7-5-6-17(12-18)27-3;/h5-7,12,15-16H,4,8-11,13-14H2,1-3H3,(H2,21,26)(H2,22,23,24);1H. The number of nitrogens with one attached hydrogen (secondary N) is 2. The van der Waals surface area contributed by atoms with Crippen LogP contribution in [0.4, 0.5) is 0 Å². The molecular weight excluding hydrogens is 485 g/mol. The van der Waals surface area contributed by atoms with Crippen LogP contribution in [0.2, 0.25) is 0 Å². The highest BCUT2D eigenvalue weighted by Gasteiger charge is 2.20. The van der Waals surface area contributed by atoms with Gasteiger partial charge in [-0.15, -0.1) is 24.0 Å². The number of aliphatic imine (C=N–C) groups is 1. The highest BCUT2D eigenvalue weighted by molar-refractivity contribution is 14.0. The lowest BCUT2D eigenvalue weighted by Gasteiger charge is -2.32. The summed E-state index contributed by atoms with van der Waals surface area (Å²) in [4.78, 5) is 17.8. The van der Waals surface area contributed by atoms with Crippen LogP contribution in [-0.2, 0) is 4.79 Å². The molecule has 1 aromatic rings. The third-order valence-corrected chi connectivity index (χ3v) is 4.54. The smallest absolute Gasteiger partial charge is 0.231 e. The Kier molecular flexibility index (Phi) is 11.7. The van der Waals surface area contributed by atoms with E-state index in [1.54, 1.807) is 7.11 Å². The zero-order valence-electron chi connectivity index (χ0n) is 17.5. The minimum Gasteiger partial charge on any atom is -0.497 e. The Labute approximate surface area is 190 Å². The largest absolute Gasteiger partial charge is 0.497 e. The van der Waals surface area contributed by atoms with E-state index < -0.39 is 0 Å². The van der Waals surface area contributed by atoms with Crippen LogP contribution in [0, 0.1) is 0 Å². The molecule has 0 spiro atoms. The van der Waals surface area contributed by atoms with E-state index in [1.807, 2.05) is 38.1 Å². The number of methoxy groups -OCH3 is 1. The number of benzene rings is 1. The van der Waals surface area contributed by atoms with Gasteiger partial charge in [0.2, 0.25) is 5.91 Å². The Bertz CT molecular complexity index is 651. The second-order valence-electron chi connectivity index (χ2n) is 6.99. The molecule has 1 saturated heterocycles. The summed E-state index contributed by atoms with van der Waals surface area (Å²) < 4.78 is 11.2. The predicted octanol–water partition coefficient (Wildman–Crippen LogP) is 1.59. The van der Waals surface area contributed by atoms with E-state index in [4.69, 9.17) is 15.2 Å². The second kappa shape index (κ2) is 13.5. The number of likely N-dealkylation sites (tertiary alicyclic amines) is 1.